The molecule has 0 radical (unpaired) electrons. The van der Waals surface area contributed by atoms with E-state index in [0.29, 0.717) is 19.1 Å². The molecule has 0 aromatic heterocycles. The van der Waals surface area contributed by atoms with Crippen LogP contribution in [0.2, 0.25) is 0 Å². The molecule has 1 rings (SSSR count). The molecule has 6 heteroatoms. The largest absolute Gasteiger partial charge is 0.354 e. The standard InChI is InChI=1S/C16H33N5O/c1-6-20(7-2)14-8-11-21(12-14)16(17-5)19-10-9-18-15(22)13(3)4/h13-14H,6-12H2,1-5H3,(H,17,19)(H,18,22). The molecule has 1 aliphatic rings. The maximum atomic E-state index is 11.5. The molecule has 0 saturated carbocycles. The first-order valence-corrected chi connectivity index (χ1v) is 8.50. The van der Waals surface area contributed by atoms with Gasteiger partial charge in [0.15, 0.2) is 5.96 Å². The van der Waals surface area contributed by atoms with Crippen molar-refractivity contribution in [2.75, 3.05) is 46.3 Å². The minimum Gasteiger partial charge on any atom is -0.354 e. The smallest absolute Gasteiger partial charge is 0.222 e. The topological polar surface area (TPSA) is 60.0 Å². The van der Waals surface area contributed by atoms with Crippen LogP contribution >= 0.6 is 0 Å². The summed E-state index contributed by atoms with van der Waals surface area (Å²) in [6.07, 6.45) is 1.19. The van der Waals surface area contributed by atoms with Crippen LogP contribution in [0.15, 0.2) is 4.99 Å². The molecule has 1 saturated heterocycles. The molecule has 1 amide bonds. The van der Waals surface area contributed by atoms with Crippen molar-refractivity contribution in [1.29, 1.82) is 0 Å². The van der Waals surface area contributed by atoms with E-state index in [1.807, 2.05) is 20.9 Å². The quantitative estimate of drug-likeness (QED) is 0.414. The Balaban J connectivity index is 2.35. The molecule has 6 nitrogen and oxygen atoms in total. The first kappa shape index (κ1) is 18.7. The van der Waals surface area contributed by atoms with Crippen LogP contribution in [0.4, 0.5) is 0 Å². The van der Waals surface area contributed by atoms with Crippen LogP contribution in [-0.4, -0.2) is 74.0 Å². The van der Waals surface area contributed by atoms with Crippen molar-refractivity contribution in [2.24, 2.45) is 10.9 Å². The van der Waals surface area contributed by atoms with Crippen LogP contribution < -0.4 is 10.6 Å². The number of amides is 1. The average molecular weight is 311 g/mol. The summed E-state index contributed by atoms with van der Waals surface area (Å²) >= 11 is 0. The number of nitrogens with zero attached hydrogens (tertiary/aromatic N) is 3. The van der Waals surface area contributed by atoms with Crippen molar-refractivity contribution in [3.63, 3.8) is 0 Å². The third-order valence-corrected chi connectivity index (χ3v) is 4.24. The highest BCUT2D eigenvalue weighted by Gasteiger charge is 2.27. The zero-order chi connectivity index (χ0) is 16.5. The number of carbonyl (C=O) groups excluding carboxylic acids is 1. The van der Waals surface area contributed by atoms with Crippen molar-refractivity contribution in [3.8, 4) is 0 Å². The molecule has 0 aromatic carbocycles. The molecule has 0 spiro atoms. The highest BCUT2D eigenvalue weighted by molar-refractivity contribution is 5.80. The van der Waals surface area contributed by atoms with Crippen LogP contribution in [0.5, 0.6) is 0 Å². The van der Waals surface area contributed by atoms with Crippen molar-refractivity contribution < 1.29 is 4.79 Å². The number of guanidine groups is 1. The lowest BCUT2D eigenvalue weighted by atomic mass is 10.2. The Morgan fingerprint density at radius 3 is 2.45 bits per heavy atom. The number of carbonyl (C=O) groups is 1. The lowest BCUT2D eigenvalue weighted by molar-refractivity contribution is -0.123. The molecule has 1 atom stereocenters. The maximum absolute atomic E-state index is 11.5. The Bertz CT molecular complexity index is 366. The highest BCUT2D eigenvalue weighted by Crippen LogP contribution is 2.15. The van der Waals surface area contributed by atoms with Crippen LogP contribution in [0.1, 0.15) is 34.1 Å². The number of hydrogen-bond acceptors (Lipinski definition) is 3. The first-order chi connectivity index (χ1) is 10.5. The van der Waals surface area contributed by atoms with Gasteiger partial charge in [0.1, 0.15) is 0 Å². The normalized spacial score (nSPS) is 19.1. The van der Waals surface area contributed by atoms with Crippen molar-refractivity contribution in [1.82, 2.24) is 20.4 Å². The minimum absolute atomic E-state index is 0.0349. The fourth-order valence-corrected chi connectivity index (χ4v) is 2.87. The fourth-order valence-electron chi connectivity index (χ4n) is 2.87. The average Bonchev–Trinajstić information content (AvgIpc) is 2.97. The number of likely N-dealkylation sites (tertiary alicyclic amines) is 1. The van der Waals surface area contributed by atoms with Crippen molar-refractivity contribution in [3.05, 3.63) is 0 Å². The van der Waals surface area contributed by atoms with E-state index in [2.05, 4.69) is 39.3 Å². The van der Waals surface area contributed by atoms with Gasteiger partial charge in [-0.15, -0.1) is 0 Å². The van der Waals surface area contributed by atoms with Gasteiger partial charge in [0, 0.05) is 45.2 Å². The van der Waals surface area contributed by atoms with Crippen molar-refractivity contribution in [2.45, 2.75) is 40.2 Å². The third kappa shape index (κ3) is 5.48. The summed E-state index contributed by atoms with van der Waals surface area (Å²) in [7, 11) is 1.82. The summed E-state index contributed by atoms with van der Waals surface area (Å²) in [6.45, 7) is 13.8. The Morgan fingerprint density at radius 2 is 1.91 bits per heavy atom. The van der Waals surface area contributed by atoms with E-state index >= 15 is 0 Å². The summed E-state index contributed by atoms with van der Waals surface area (Å²) in [5.41, 5.74) is 0. The predicted molar refractivity (Wildman–Crippen MR) is 92.1 cm³/mol. The molecule has 0 aromatic rings. The molecule has 1 unspecified atom stereocenters. The third-order valence-electron chi connectivity index (χ3n) is 4.24. The second-order valence-corrected chi connectivity index (χ2v) is 6.03. The van der Waals surface area contributed by atoms with Gasteiger partial charge in [0.05, 0.1) is 0 Å². The number of nitrogens with one attached hydrogen (secondary N) is 2. The Hall–Kier alpha value is -1.30. The molecule has 22 heavy (non-hydrogen) atoms. The Morgan fingerprint density at radius 1 is 1.27 bits per heavy atom. The van der Waals surface area contributed by atoms with E-state index in [1.54, 1.807) is 0 Å². The number of aliphatic imine (C=N–C) groups is 1. The van der Waals surface area contributed by atoms with Crippen LogP contribution in [0.3, 0.4) is 0 Å². The van der Waals surface area contributed by atoms with Gasteiger partial charge >= 0.3 is 0 Å². The lowest BCUT2D eigenvalue weighted by Crippen LogP contribution is -2.45. The predicted octanol–water partition coefficient (Wildman–Crippen LogP) is 0.750. The van der Waals surface area contributed by atoms with Gasteiger partial charge in [0.2, 0.25) is 5.91 Å². The summed E-state index contributed by atoms with van der Waals surface area (Å²) in [5.74, 6) is 1.07. The molecule has 2 N–H and O–H groups in total. The molecule has 0 bridgehead atoms. The summed E-state index contributed by atoms with van der Waals surface area (Å²) in [6, 6.07) is 0.620. The van der Waals surface area contributed by atoms with Gasteiger partial charge in [-0.05, 0) is 19.5 Å². The minimum atomic E-state index is 0.0349. The molecule has 1 heterocycles. The molecule has 1 fully saturated rings. The number of hydrogen-bond donors (Lipinski definition) is 2. The zero-order valence-corrected chi connectivity index (χ0v) is 14.9. The highest BCUT2D eigenvalue weighted by atomic mass is 16.1. The van der Waals surface area contributed by atoms with E-state index in [4.69, 9.17) is 0 Å². The van der Waals surface area contributed by atoms with E-state index < -0.39 is 0 Å². The molecule has 0 aliphatic carbocycles. The van der Waals surface area contributed by atoms with Crippen LogP contribution in [0.25, 0.3) is 0 Å². The van der Waals surface area contributed by atoms with E-state index in [9.17, 15) is 4.79 Å². The number of rotatable bonds is 7. The van der Waals surface area contributed by atoms with Gasteiger partial charge in [-0.1, -0.05) is 27.7 Å². The molecular formula is C16H33N5O. The van der Waals surface area contributed by atoms with E-state index in [-0.39, 0.29) is 11.8 Å². The Labute approximate surface area is 135 Å². The van der Waals surface area contributed by atoms with Gasteiger partial charge in [-0.25, -0.2) is 0 Å². The number of likely N-dealkylation sites (N-methyl/N-ethyl adjacent to an activating group) is 1. The van der Waals surface area contributed by atoms with Crippen LogP contribution in [0, 0.1) is 5.92 Å². The molecular weight excluding hydrogens is 278 g/mol. The molecule has 128 valence electrons. The second kappa shape index (κ2) is 9.66. The van der Waals surface area contributed by atoms with Crippen molar-refractivity contribution >= 4 is 11.9 Å². The van der Waals surface area contributed by atoms with Gasteiger partial charge < -0.3 is 15.5 Å². The second-order valence-electron chi connectivity index (χ2n) is 6.03. The SMILES string of the molecule is CCN(CC)C1CCN(C(=NC)NCCNC(=O)C(C)C)C1. The maximum Gasteiger partial charge on any atom is 0.222 e. The summed E-state index contributed by atoms with van der Waals surface area (Å²) in [4.78, 5) is 20.7. The summed E-state index contributed by atoms with van der Waals surface area (Å²) < 4.78 is 0. The van der Waals surface area contributed by atoms with Gasteiger partial charge in [0.25, 0.3) is 0 Å². The zero-order valence-electron chi connectivity index (χ0n) is 14.9. The Kier molecular flexibility index (Phi) is 8.24. The molecule has 1 aliphatic heterocycles. The first-order valence-electron chi connectivity index (χ1n) is 8.50. The monoisotopic (exact) mass is 311 g/mol. The van der Waals surface area contributed by atoms with Gasteiger partial charge in [-0.3, -0.25) is 14.7 Å². The van der Waals surface area contributed by atoms with E-state index in [1.165, 1.54) is 6.42 Å². The van der Waals surface area contributed by atoms with E-state index in [0.717, 1.165) is 32.1 Å². The van der Waals surface area contributed by atoms with Crippen LogP contribution in [-0.2, 0) is 4.79 Å². The lowest BCUT2D eigenvalue weighted by Gasteiger charge is -2.27. The summed E-state index contributed by atoms with van der Waals surface area (Å²) in [5, 5.41) is 6.26. The van der Waals surface area contributed by atoms with Gasteiger partial charge in [-0.2, -0.15) is 0 Å². The fraction of sp³-hybridized carbons (Fsp3) is 0.875.